The van der Waals surface area contributed by atoms with Gasteiger partial charge in [0.1, 0.15) is 0 Å². The predicted molar refractivity (Wildman–Crippen MR) is 90.6 cm³/mol. The summed E-state index contributed by atoms with van der Waals surface area (Å²) in [5, 5.41) is 3.34. The van der Waals surface area contributed by atoms with Crippen LogP contribution in [0.4, 0.5) is 5.69 Å². The number of benzene rings is 1. The lowest BCUT2D eigenvalue weighted by atomic mass is 10.0. The third kappa shape index (κ3) is 4.47. The van der Waals surface area contributed by atoms with Crippen molar-refractivity contribution in [1.82, 2.24) is 5.32 Å². The van der Waals surface area contributed by atoms with Gasteiger partial charge in [0.25, 0.3) is 0 Å². The van der Waals surface area contributed by atoms with Gasteiger partial charge in [-0.05, 0) is 45.0 Å². The zero-order valence-electron chi connectivity index (χ0n) is 13.2. The lowest BCUT2D eigenvalue weighted by Gasteiger charge is -2.33. The number of ether oxygens (including phenoxy) is 1. The van der Waals surface area contributed by atoms with Crippen molar-refractivity contribution in [2.24, 2.45) is 0 Å². The Bertz CT molecular complexity index is 411. The van der Waals surface area contributed by atoms with Gasteiger partial charge in [-0.2, -0.15) is 0 Å². The van der Waals surface area contributed by atoms with Crippen molar-refractivity contribution < 1.29 is 4.74 Å². The van der Waals surface area contributed by atoms with E-state index in [1.165, 1.54) is 11.3 Å². The summed E-state index contributed by atoms with van der Waals surface area (Å²) in [4.78, 5) is 2.44. The van der Waals surface area contributed by atoms with Gasteiger partial charge in [0, 0.05) is 35.9 Å². The molecule has 1 aromatic carbocycles. The molecule has 1 N–H and O–H groups in total. The molecule has 0 heterocycles. The molecule has 0 radical (unpaired) electrons. The van der Waals surface area contributed by atoms with Crippen LogP contribution < -0.4 is 10.2 Å². The zero-order chi connectivity index (χ0) is 15.1. The molecule has 1 rings (SSSR count). The van der Waals surface area contributed by atoms with E-state index in [9.17, 15) is 0 Å². The maximum Gasteiger partial charge on any atom is 0.0637 e. The summed E-state index contributed by atoms with van der Waals surface area (Å²) in [6.45, 7) is 8.33. The van der Waals surface area contributed by atoms with Crippen molar-refractivity contribution in [3.63, 3.8) is 0 Å². The first-order chi connectivity index (χ1) is 9.54. The molecule has 0 fully saturated rings. The Morgan fingerprint density at radius 3 is 2.60 bits per heavy atom. The molecule has 3 nitrogen and oxygen atoms in total. The summed E-state index contributed by atoms with van der Waals surface area (Å²) < 4.78 is 6.39. The lowest BCUT2D eigenvalue weighted by molar-refractivity contribution is 0.203. The van der Waals surface area contributed by atoms with E-state index >= 15 is 0 Å². The van der Waals surface area contributed by atoms with E-state index in [-0.39, 0.29) is 0 Å². The molecule has 0 aliphatic heterocycles. The van der Waals surface area contributed by atoms with E-state index in [1.807, 2.05) is 7.05 Å². The normalized spacial score (nSPS) is 14.1. The molecule has 2 atom stereocenters. The van der Waals surface area contributed by atoms with Crippen LogP contribution in [0.25, 0.3) is 0 Å². The van der Waals surface area contributed by atoms with Crippen LogP contribution in [-0.4, -0.2) is 33.4 Å². The molecule has 20 heavy (non-hydrogen) atoms. The van der Waals surface area contributed by atoms with E-state index in [2.05, 4.69) is 65.1 Å². The number of hydrogen-bond acceptors (Lipinski definition) is 3. The van der Waals surface area contributed by atoms with Crippen molar-refractivity contribution in [2.45, 2.75) is 39.3 Å². The summed E-state index contributed by atoms with van der Waals surface area (Å²) in [6, 6.07) is 7.33. The highest BCUT2D eigenvalue weighted by Crippen LogP contribution is 2.31. The predicted octanol–water partition coefficient (Wildman–Crippen LogP) is 3.98. The smallest absolute Gasteiger partial charge is 0.0637 e. The minimum Gasteiger partial charge on any atom is -0.383 e. The Hall–Kier alpha value is -0.580. The molecule has 4 heteroatoms. The monoisotopic (exact) mass is 342 g/mol. The highest BCUT2D eigenvalue weighted by molar-refractivity contribution is 9.10. The summed E-state index contributed by atoms with van der Waals surface area (Å²) in [6.07, 6.45) is 1.11. The summed E-state index contributed by atoms with van der Waals surface area (Å²) in [5.41, 5.74) is 2.61. The standard InChI is InChI=1S/C16H27BrN2O/c1-6-12(2)19(9-10-20-5)16-11-14(17)7-8-15(16)13(3)18-4/h7-8,11-13,18H,6,9-10H2,1-5H3. The van der Waals surface area contributed by atoms with Gasteiger partial charge in [0.05, 0.1) is 6.61 Å². The van der Waals surface area contributed by atoms with Crippen LogP contribution in [0, 0.1) is 0 Å². The third-order valence-corrected chi connectivity index (χ3v) is 4.35. The Kier molecular flexibility index (Phi) is 7.56. The van der Waals surface area contributed by atoms with E-state index in [0.29, 0.717) is 12.1 Å². The molecule has 0 bridgehead atoms. The maximum absolute atomic E-state index is 5.28. The molecule has 0 aliphatic carbocycles. The molecule has 0 spiro atoms. The molecule has 0 aliphatic rings. The fourth-order valence-corrected chi connectivity index (χ4v) is 2.62. The number of methoxy groups -OCH3 is 1. The highest BCUT2D eigenvalue weighted by atomic mass is 79.9. The molecule has 2 unspecified atom stereocenters. The van der Waals surface area contributed by atoms with Crippen molar-refractivity contribution in [3.8, 4) is 0 Å². The first kappa shape index (κ1) is 17.5. The van der Waals surface area contributed by atoms with Crippen LogP contribution in [0.1, 0.15) is 38.8 Å². The van der Waals surface area contributed by atoms with Crippen molar-refractivity contribution >= 4 is 21.6 Å². The van der Waals surface area contributed by atoms with Gasteiger partial charge < -0.3 is 15.0 Å². The second-order valence-electron chi connectivity index (χ2n) is 5.16. The first-order valence-electron chi connectivity index (χ1n) is 7.27. The molecule has 0 aromatic heterocycles. The van der Waals surface area contributed by atoms with Gasteiger partial charge in [0.2, 0.25) is 0 Å². The number of nitrogens with zero attached hydrogens (tertiary/aromatic N) is 1. The molecule has 1 aromatic rings. The fourth-order valence-electron chi connectivity index (χ4n) is 2.28. The Morgan fingerprint density at radius 1 is 1.35 bits per heavy atom. The Balaban J connectivity index is 3.18. The quantitative estimate of drug-likeness (QED) is 0.773. The van der Waals surface area contributed by atoms with Gasteiger partial charge in [-0.3, -0.25) is 0 Å². The van der Waals surface area contributed by atoms with Gasteiger partial charge in [0.15, 0.2) is 0 Å². The van der Waals surface area contributed by atoms with Crippen LogP contribution in [0.3, 0.4) is 0 Å². The highest BCUT2D eigenvalue weighted by Gasteiger charge is 2.19. The number of rotatable bonds is 8. The minimum atomic E-state index is 0.326. The lowest BCUT2D eigenvalue weighted by Crippen LogP contribution is -2.36. The van der Waals surface area contributed by atoms with Crippen molar-refractivity contribution in [3.05, 3.63) is 28.2 Å². The molecular weight excluding hydrogens is 316 g/mol. The minimum absolute atomic E-state index is 0.326. The number of hydrogen-bond donors (Lipinski definition) is 1. The number of anilines is 1. The van der Waals surface area contributed by atoms with Crippen LogP contribution in [0.15, 0.2) is 22.7 Å². The number of halogens is 1. The maximum atomic E-state index is 5.28. The Morgan fingerprint density at radius 2 is 2.05 bits per heavy atom. The second kappa shape index (κ2) is 8.65. The van der Waals surface area contributed by atoms with E-state index in [4.69, 9.17) is 4.74 Å². The van der Waals surface area contributed by atoms with Gasteiger partial charge in [-0.25, -0.2) is 0 Å². The van der Waals surface area contributed by atoms with Gasteiger partial charge in [-0.1, -0.05) is 28.9 Å². The first-order valence-corrected chi connectivity index (χ1v) is 8.06. The molecule has 114 valence electrons. The van der Waals surface area contributed by atoms with Crippen molar-refractivity contribution in [2.75, 3.05) is 32.2 Å². The van der Waals surface area contributed by atoms with E-state index in [0.717, 1.165) is 24.0 Å². The summed E-state index contributed by atoms with van der Waals surface area (Å²) in [5.74, 6) is 0. The average Bonchev–Trinajstić information content (AvgIpc) is 2.46. The molecule has 0 saturated carbocycles. The van der Waals surface area contributed by atoms with Crippen LogP contribution in [0.5, 0.6) is 0 Å². The van der Waals surface area contributed by atoms with Crippen molar-refractivity contribution in [1.29, 1.82) is 0 Å². The van der Waals surface area contributed by atoms with E-state index < -0.39 is 0 Å². The molecule has 0 saturated heterocycles. The van der Waals surface area contributed by atoms with Crippen LogP contribution in [-0.2, 0) is 4.74 Å². The third-order valence-electron chi connectivity index (χ3n) is 3.86. The van der Waals surface area contributed by atoms with Crippen LogP contribution in [0.2, 0.25) is 0 Å². The molecule has 0 amide bonds. The van der Waals surface area contributed by atoms with Crippen LogP contribution >= 0.6 is 15.9 Å². The number of nitrogens with one attached hydrogen (secondary N) is 1. The topological polar surface area (TPSA) is 24.5 Å². The average molecular weight is 343 g/mol. The Labute approximate surface area is 131 Å². The summed E-state index contributed by atoms with van der Waals surface area (Å²) >= 11 is 3.60. The fraction of sp³-hybridized carbons (Fsp3) is 0.625. The zero-order valence-corrected chi connectivity index (χ0v) is 14.8. The molecular formula is C16H27BrN2O. The van der Waals surface area contributed by atoms with Gasteiger partial charge >= 0.3 is 0 Å². The second-order valence-corrected chi connectivity index (χ2v) is 6.07. The van der Waals surface area contributed by atoms with Gasteiger partial charge in [-0.15, -0.1) is 0 Å². The summed E-state index contributed by atoms with van der Waals surface area (Å²) in [7, 11) is 3.76. The van der Waals surface area contributed by atoms with E-state index in [1.54, 1.807) is 7.11 Å². The largest absolute Gasteiger partial charge is 0.383 e. The SMILES string of the molecule is CCC(C)N(CCOC)c1cc(Br)ccc1C(C)NC.